The zero-order valence-corrected chi connectivity index (χ0v) is 17.0. The molecular formula is C24H33FN2. The Labute approximate surface area is 164 Å². The molecule has 2 N–H and O–H groups in total. The molecule has 27 heavy (non-hydrogen) atoms. The Morgan fingerprint density at radius 2 is 2.11 bits per heavy atom. The zero-order chi connectivity index (χ0) is 20.0. The average molecular weight is 369 g/mol. The Balaban J connectivity index is 2.11. The first kappa shape index (κ1) is 21.0. The van der Waals surface area contributed by atoms with Crippen LogP contribution in [0.25, 0.3) is 5.57 Å². The zero-order valence-electron chi connectivity index (χ0n) is 17.0. The number of hydrogen-bond acceptors (Lipinski definition) is 2. The van der Waals surface area contributed by atoms with Gasteiger partial charge < -0.3 is 10.6 Å². The summed E-state index contributed by atoms with van der Waals surface area (Å²) in [5.41, 5.74) is 4.46. The SMILES string of the molecule is C=C(/C=C(\CC)c1cccc(C(C)(F)CC)c1)NC(=C)C1CCC(=C)NC1. The van der Waals surface area contributed by atoms with Crippen molar-refractivity contribution in [3.05, 3.63) is 78.3 Å². The molecule has 0 amide bonds. The van der Waals surface area contributed by atoms with Crippen molar-refractivity contribution in [2.75, 3.05) is 6.54 Å². The van der Waals surface area contributed by atoms with Crippen LogP contribution in [0.5, 0.6) is 0 Å². The van der Waals surface area contributed by atoms with E-state index < -0.39 is 5.67 Å². The molecule has 0 radical (unpaired) electrons. The molecule has 3 heteroatoms. The largest absolute Gasteiger partial charge is 0.388 e. The molecule has 1 fully saturated rings. The smallest absolute Gasteiger partial charge is 0.133 e. The highest BCUT2D eigenvalue weighted by molar-refractivity contribution is 5.68. The van der Waals surface area contributed by atoms with Crippen molar-refractivity contribution in [2.45, 2.75) is 52.1 Å². The Bertz CT molecular complexity index is 733. The van der Waals surface area contributed by atoms with Crippen LogP contribution in [0.1, 0.15) is 57.6 Å². The van der Waals surface area contributed by atoms with E-state index in [1.54, 1.807) is 6.92 Å². The molecule has 1 aromatic carbocycles. The molecule has 1 aliphatic rings. The van der Waals surface area contributed by atoms with Gasteiger partial charge in [0, 0.05) is 29.6 Å². The molecule has 0 aliphatic carbocycles. The molecule has 0 saturated carbocycles. The topological polar surface area (TPSA) is 24.1 Å². The second kappa shape index (κ2) is 9.07. The number of hydrogen-bond donors (Lipinski definition) is 2. The quantitative estimate of drug-likeness (QED) is 0.533. The maximum atomic E-state index is 14.7. The summed E-state index contributed by atoms with van der Waals surface area (Å²) >= 11 is 0. The fraction of sp³-hybridized carbons (Fsp3) is 0.417. The Hall–Kier alpha value is -2.29. The lowest BCUT2D eigenvalue weighted by Crippen LogP contribution is -2.32. The van der Waals surface area contributed by atoms with E-state index in [1.807, 2.05) is 37.3 Å². The van der Waals surface area contributed by atoms with E-state index in [2.05, 4.69) is 37.3 Å². The molecular weight excluding hydrogens is 335 g/mol. The van der Waals surface area contributed by atoms with Crippen molar-refractivity contribution < 1.29 is 4.39 Å². The highest BCUT2D eigenvalue weighted by Crippen LogP contribution is 2.31. The normalized spacial score (nSPS) is 19.8. The van der Waals surface area contributed by atoms with E-state index in [9.17, 15) is 4.39 Å². The van der Waals surface area contributed by atoms with Crippen LogP contribution in [0.15, 0.2) is 67.2 Å². The minimum Gasteiger partial charge on any atom is -0.388 e. The van der Waals surface area contributed by atoms with Crippen LogP contribution in [0.2, 0.25) is 0 Å². The second-order valence-corrected chi connectivity index (χ2v) is 7.55. The van der Waals surface area contributed by atoms with Crippen molar-refractivity contribution >= 4 is 5.57 Å². The van der Waals surface area contributed by atoms with Gasteiger partial charge in [-0.2, -0.15) is 0 Å². The molecule has 1 aliphatic heterocycles. The lowest BCUT2D eigenvalue weighted by atomic mass is 9.91. The van der Waals surface area contributed by atoms with Gasteiger partial charge >= 0.3 is 0 Å². The third kappa shape index (κ3) is 5.59. The van der Waals surface area contributed by atoms with Crippen molar-refractivity contribution in [1.29, 1.82) is 0 Å². The van der Waals surface area contributed by atoms with Crippen LogP contribution in [-0.2, 0) is 5.67 Å². The summed E-state index contributed by atoms with van der Waals surface area (Å²) in [5.74, 6) is 0.367. The lowest BCUT2D eigenvalue weighted by molar-refractivity contribution is 0.185. The van der Waals surface area contributed by atoms with Crippen LogP contribution in [0.3, 0.4) is 0 Å². The van der Waals surface area contributed by atoms with Gasteiger partial charge in [-0.15, -0.1) is 0 Å². The maximum Gasteiger partial charge on any atom is 0.133 e. The van der Waals surface area contributed by atoms with Gasteiger partial charge in [0.15, 0.2) is 0 Å². The monoisotopic (exact) mass is 368 g/mol. The molecule has 0 spiro atoms. The molecule has 0 bridgehead atoms. The van der Waals surface area contributed by atoms with Gasteiger partial charge in [0.1, 0.15) is 5.67 Å². The molecule has 146 valence electrons. The number of allylic oxidation sites excluding steroid dienone is 3. The average Bonchev–Trinajstić information content (AvgIpc) is 2.66. The van der Waals surface area contributed by atoms with Crippen LogP contribution >= 0.6 is 0 Å². The minimum absolute atomic E-state index is 0.367. The summed E-state index contributed by atoms with van der Waals surface area (Å²) in [7, 11) is 0. The molecule has 0 aromatic heterocycles. The van der Waals surface area contributed by atoms with Gasteiger partial charge in [0.2, 0.25) is 0 Å². The summed E-state index contributed by atoms with van der Waals surface area (Å²) in [6.07, 6.45) is 5.36. The van der Waals surface area contributed by atoms with E-state index in [1.165, 1.54) is 0 Å². The van der Waals surface area contributed by atoms with Crippen LogP contribution < -0.4 is 10.6 Å². The minimum atomic E-state index is -1.31. The number of rotatable bonds is 8. The summed E-state index contributed by atoms with van der Waals surface area (Å²) in [4.78, 5) is 0. The molecule has 1 saturated heterocycles. The predicted octanol–water partition coefficient (Wildman–Crippen LogP) is 6.21. The van der Waals surface area contributed by atoms with Crippen molar-refractivity contribution in [3.8, 4) is 0 Å². The van der Waals surface area contributed by atoms with Crippen LogP contribution in [0, 0.1) is 5.92 Å². The molecule has 1 heterocycles. The molecule has 2 rings (SSSR count). The van der Waals surface area contributed by atoms with Gasteiger partial charge in [-0.25, -0.2) is 4.39 Å². The summed E-state index contributed by atoms with van der Waals surface area (Å²) in [5, 5.41) is 6.66. The van der Waals surface area contributed by atoms with Crippen molar-refractivity contribution in [2.24, 2.45) is 5.92 Å². The maximum absolute atomic E-state index is 14.7. The number of nitrogens with one attached hydrogen (secondary N) is 2. The second-order valence-electron chi connectivity index (χ2n) is 7.55. The van der Waals surface area contributed by atoms with E-state index in [0.29, 0.717) is 12.3 Å². The highest BCUT2D eigenvalue weighted by Gasteiger charge is 2.23. The summed E-state index contributed by atoms with van der Waals surface area (Å²) in [6.45, 7) is 18.8. The fourth-order valence-electron chi connectivity index (χ4n) is 3.30. The van der Waals surface area contributed by atoms with Crippen LogP contribution in [0.4, 0.5) is 4.39 Å². The standard InChI is InChI=1S/C24H33FN2/c1-7-20(21-10-9-11-23(15-21)24(6,25)8-2)14-18(4)27-19(5)22-13-12-17(3)26-16-22/h9-11,14-15,22,26-27H,3-5,7-8,12-13,16H2,1-2,6H3/b20-14+. The van der Waals surface area contributed by atoms with Gasteiger partial charge in [-0.3, -0.25) is 0 Å². The number of benzene rings is 1. The van der Waals surface area contributed by atoms with E-state index in [0.717, 1.165) is 59.6 Å². The van der Waals surface area contributed by atoms with Crippen molar-refractivity contribution in [1.82, 2.24) is 10.6 Å². The highest BCUT2D eigenvalue weighted by atomic mass is 19.1. The Morgan fingerprint density at radius 3 is 2.70 bits per heavy atom. The number of halogens is 1. The van der Waals surface area contributed by atoms with E-state index in [4.69, 9.17) is 0 Å². The molecule has 1 aromatic rings. The van der Waals surface area contributed by atoms with Gasteiger partial charge in [0.05, 0.1) is 0 Å². The first-order valence-corrected chi connectivity index (χ1v) is 9.83. The van der Waals surface area contributed by atoms with Crippen LogP contribution in [-0.4, -0.2) is 6.54 Å². The third-order valence-corrected chi connectivity index (χ3v) is 5.44. The predicted molar refractivity (Wildman–Crippen MR) is 115 cm³/mol. The molecule has 2 nitrogen and oxygen atoms in total. The Kier molecular flexibility index (Phi) is 7.06. The fourth-order valence-corrected chi connectivity index (χ4v) is 3.30. The number of alkyl halides is 1. The summed E-state index contributed by atoms with van der Waals surface area (Å²) in [6, 6.07) is 7.78. The summed E-state index contributed by atoms with van der Waals surface area (Å²) < 4.78 is 14.7. The molecule has 2 unspecified atom stereocenters. The molecule has 2 atom stereocenters. The first-order valence-electron chi connectivity index (χ1n) is 9.83. The van der Waals surface area contributed by atoms with E-state index in [-0.39, 0.29) is 0 Å². The van der Waals surface area contributed by atoms with Gasteiger partial charge in [-0.05, 0) is 61.4 Å². The third-order valence-electron chi connectivity index (χ3n) is 5.44. The number of piperidine rings is 1. The Morgan fingerprint density at radius 1 is 1.37 bits per heavy atom. The first-order chi connectivity index (χ1) is 12.8. The van der Waals surface area contributed by atoms with E-state index >= 15 is 0 Å². The van der Waals surface area contributed by atoms with Gasteiger partial charge in [0.25, 0.3) is 0 Å². The van der Waals surface area contributed by atoms with Gasteiger partial charge in [-0.1, -0.05) is 51.8 Å². The van der Waals surface area contributed by atoms with Crippen molar-refractivity contribution in [3.63, 3.8) is 0 Å². The lowest BCUT2D eigenvalue weighted by Gasteiger charge is -2.27.